The molecule has 1 heterocycles. The molecule has 1 amide bonds. The van der Waals surface area contributed by atoms with Crippen LogP contribution in [-0.2, 0) is 12.8 Å². The van der Waals surface area contributed by atoms with Crippen molar-refractivity contribution in [2.45, 2.75) is 26.7 Å². The number of nitrogens with one attached hydrogen (secondary N) is 2. The van der Waals surface area contributed by atoms with Crippen LogP contribution in [0.15, 0.2) is 48.5 Å². The first-order valence-corrected chi connectivity index (χ1v) is 8.38. The van der Waals surface area contributed by atoms with Crippen molar-refractivity contribution >= 4 is 11.6 Å². The van der Waals surface area contributed by atoms with Gasteiger partial charge in [-0.1, -0.05) is 32.0 Å². The van der Waals surface area contributed by atoms with Gasteiger partial charge in [-0.15, -0.1) is 0 Å². The maximum atomic E-state index is 12.4. The highest BCUT2D eigenvalue weighted by atomic mass is 16.3. The van der Waals surface area contributed by atoms with Gasteiger partial charge in [-0.05, 0) is 54.3 Å². The second kappa shape index (κ2) is 7.21. The van der Waals surface area contributed by atoms with Crippen LogP contribution in [0.4, 0.5) is 5.69 Å². The van der Waals surface area contributed by atoms with Crippen LogP contribution < -0.4 is 5.32 Å². The number of benzene rings is 2. The van der Waals surface area contributed by atoms with Gasteiger partial charge in [-0.3, -0.25) is 9.89 Å². The first-order valence-electron chi connectivity index (χ1n) is 8.38. The Morgan fingerprint density at radius 1 is 1.04 bits per heavy atom. The Morgan fingerprint density at radius 3 is 2.40 bits per heavy atom. The quantitative estimate of drug-likeness (QED) is 0.655. The Bertz CT molecular complexity index is 882. The SMILES string of the molecule is CCc1ccc(NC(=O)c2cc(-c3cc(CC)ccc3O)n[nH]2)cc1. The molecule has 0 spiro atoms. The Labute approximate surface area is 146 Å². The normalized spacial score (nSPS) is 10.6. The molecule has 0 radical (unpaired) electrons. The summed E-state index contributed by atoms with van der Waals surface area (Å²) in [5.74, 6) is -0.125. The zero-order chi connectivity index (χ0) is 17.8. The van der Waals surface area contributed by atoms with E-state index in [1.165, 1.54) is 5.56 Å². The molecule has 3 rings (SSSR count). The lowest BCUT2D eigenvalue weighted by molar-refractivity contribution is 0.102. The minimum absolute atomic E-state index is 0.144. The van der Waals surface area contributed by atoms with Crippen molar-refractivity contribution in [3.63, 3.8) is 0 Å². The monoisotopic (exact) mass is 335 g/mol. The van der Waals surface area contributed by atoms with Crippen molar-refractivity contribution in [2.75, 3.05) is 5.32 Å². The van der Waals surface area contributed by atoms with Crippen molar-refractivity contribution in [2.24, 2.45) is 0 Å². The van der Waals surface area contributed by atoms with Crippen LogP contribution in [0.3, 0.4) is 0 Å². The summed E-state index contributed by atoms with van der Waals surface area (Å²) in [6.45, 7) is 4.13. The molecule has 0 aliphatic rings. The molecule has 0 saturated carbocycles. The van der Waals surface area contributed by atoms with Gasteiger partial charge in [0.1, 0.15) is 11.4 Å². The van der Waals surface area contributed by atoms with E-state index in [0.717, 1.165) is 24.1 Å². The second-order valence-corrected chi connectivity index (χ2v) is 5.88. The summed E-state index contributed by atoms with van der Waals surface area (Å²) >= 11 is 0. The molecule has 0 aliphatic carbocycles. The standard InChI is InChI=1S/C20H21N3O2/c1-3-13-5-8-15(9-6-13)21-20(25)18-12-17(22-23-18)16-11-14(4-2)7-10-19(16)24/h5-12,24H,3-4H2,1-2H3,(H,21,25)(H,22,23). The molecule has 0 atom stereocenters. The molecular weight excluding hydrogens is 314 g/mol. The van der Waals surface area contributed by atoms with E-state index in [1.54, 1.807) is 12.1 Å². The number of carbonyl (C=O) groups is 1. The zero-order valence-corrected chi connectivity index (χ0v) is 14.3. The van der Waals surface area contributed by atoms with E-state index in [-0.39, 0.29) is 11.7 Å². The van der Waals surface area contributed by atoms with E-state index in [9.17, 15) is 9.90 Å². The summed E-state index contributed by atoms with van der Waals surface area (Å²) in [4.78, 5) is 12.4. The molecule has 2 aromatic carbocycles. The highest BCUT2D eigenvalue weighted by Gasteiger charge is 2.14. The molecule has 25 heavy (non-hydrogen) atoms. The lowest BCUT2D eigenvalue weighted by atomic mass is 10.1. The number of phenols is 1. The molecule has 5 nitrogen and oxygen atoms in total. The van der Waals surface area contributed by atoms with Gasteiger partial charge >= 0.3 is 0 Å². The van der Waals surface area contributed by atoms with Crippen molar-refractivity contribution in [1.82, 2.24) is 10.2 Å². The van der Waals surface area contributed by atoms with Crippen molar-refractivity contribution < 1.29 is 9.90 Å². The molecule has 1 aromatic heterocycles. The van der Waals surface area contributed by atoms with Gasteiger partial charge in [0, 0.05) is 11.3 Å². The summed E-state index contributed by atoms with van der Waals surface area (Å²) in [7, 11) is 0. The van der Waals surface area contributed by atoms with E-state index < -0.39 is 0 Å². The molecule has 0 fully saturated rings. The van der Waals surface area contributed by atoms with Crippen LogP contribution in [0.25, 0.3) is 11.3 Å². The molecule has 5 heteroatoms. The average Bonchev–Trinajstić information content (AvgIpc) is 3.13. The maximum absolute atomic E-state index is 12.4. The number of aromatic amines is 1. The van der Waals surface area contributed by atoms with Crippen LogP contribution in [-0.4, -0.2) is 21.2 Å². The molecule has 0 aliphatic heterocycles. The lowest BCUT2D eigenvalue weighted by Crippen LogP contribution is -2.12. The van der Waals surface area contributed by atoms with Crippen molar-refractivity contribution in [3.8, 4) is 17.0 Å². The number of hydrogen-bond donors (Lipinski definition) is 3. The fourth-order valence-corrected chi connectivity index (χ4v) is 2.61. The molecule has 0 saturated heterocycles. The van der Waals surface area contributed by atoms with Crippen LogP contribution >= 0.6 is 0 Å². The van der Waals surface area contributed by atoms with Gasteiger partial charge in [-0.2, -0.15) is 5.10 Å². The van der Waals surface area contributed by atoms with Gasteiger partial charge < -0.3 is 10.4 Å². The lowest BCUT2D eigenvalue weighted by Gasteiger charge is -2.04. The van der Waals surface area contributed by atoms with Gasteiger partial charge in [0.05, 0.1) is 5.69 Å². The van der Waals surface area contributed by atoms with E-state index in [1.807, 2.05) is 43.3 Å². The van der Waals surface area contributed by atoms with Gasteiger partial charge in [0.2, 0.25) is 0 Å². The fraction of sp³-hybridized carbons (Fsp3) is 0.200. The van der Waals surface area contributed by atoms with Gasteiger partial charge in [0.15, 0.2) is 0 Å². The zero-order valence-electron chi connectivity index (χ0n) is 14.3. The predicted octanol–water partition coefficient (Wildman–Crippen LogP) is 4.16. The van der Waals surface area contributed by atoms with Crippen molar-refractivity contribution in [3.05, 3.63) is 65.4 Å². The number of amides is 1. The first kappa shape index (κ1) is 16.8. The maximum Gasteiger partial charge on any atom is 0.273 e. The number of hydrogen-bond acceptors (Lipinski definition) is 3. The molecule has 128 valence electrons. The number of carbonyl (C=O) groups excluding carboxylic acids is 1. The minimum Gasteiger partial charge on any atom is -0.507 e. The Balaban J connectivity index is 1.79. The third-order valence-corrected chi connectivity index (χ3v) is 4.19. The first-order chi connectivity index (χ1) is 12.1. The molecular formula is C20H21N3O2. The van der Waals surface area contributed by atoms with E-state index >= 15 is 0 Å². The summed E-state index contributed by atoms with van der Waals surface area (Å²) in [6, 6.07) is 14.8. The fourth-order valence-electron chi connectivity index (χ4n) is 2.61. The van der Waals surface area contributed by atoms with E-state index in [0.29, 0.717) is 17.0 Å². The van der Waals surface area contributed by atoms with Gasteiger partial charge in [0.25, 0.3) is 5.91 Å². The Kier molecular flexibility index (Phi) is 4.84. The third-order valence-electron chi connectivity index (χ3n) is 4.19. The topological polar surface area (TPSA) is 78.0 Å². The summed E-state index contributed by atoms with van der Waals surface area (Å²) in [5, 5.41) is 19.8. The Hall–Kier alpha value is -3.08. The smallest absolute Gasteiger partial charge is 0.273 e. The molecule has 0 bridgehead atoms. The number of H-pyrrole nitrogens is 1. The van der Waals surface area contributed by atoms with Crippen LogP contribution in [0.5, 0.6) is 5.75 Å². The number of aromatic nitrogens is 2. The molecule has 0 unspecified atom stereocenters. The van der Waals surface area contributed by atoms with Crippen LogP contribution in [0, 0.1) is 0 Å². The number of aryl methyl sites for hydroxylation is 2. The molecule has 3 aromatic rings. The highest BCUT2D eigenvalue weighted by Crippen LogP contribution is 2.29. The van der Waals surface area contributed by atoms with Crippen molar-refractivity contribution in [1.29, 1.82) is 0 Å². The van der Waals surface area contributed by atoms with Crippen LogP contribution in [0.1, 0.15) is 35.5 Å². The number of anilines is 1. The average molecular weight is 335 g/mol. The third kappa shape index (κ3) is 3.71. The second-order valence-electron chi connectivity index (χ2n) is 5.88. The summed E-state index contributed by atoms with van der Waals surface area (Å²) in [6.07, 6.45) is 1.82. The van der Waals surface area contributed by atoms with Crippen LogP contribution in [0.2, 0.25) is 0 Å². The van der Waals surface area contributed by atoms with Gasteiger partial charge in [-0.25, -0.2) is 0 Å². The number of nitrogens with zero attached hydrogens (tertiary/aromatic N) is 1. The number of aromatic hydroxyl groups is 1. The highest BCUT2D eigenvalue weighted by molar-refractivity contribution is 6.03. The van der Waals surface area contributed by atoms with E-state index in [2.05, 4.69) is 22.4 Å². The largest absolute Gasteiger partial charge is 0.507 e. The van der Waals surface area contributed by atoms with E-state index in [4.69, 9.17) is 0 Å². The summed E-state index contributed by atoms with van der Waals surface area (Å²) in [5.41, 5.74) is 4.54. The Morgan fingerprint density at radius 2 is 1.72 bits per heavy atom. The predicted molar refractivity (Wildman–Crippen MR) is 98.8 cm³/mol. The number of rotatable bonds is 5. The number of phenolic OH excluding ortho intramolecular Hbond substituents is 1. The minimum atomic E-state index is -0.269. The summed E-state index contributed by atoms with van der Waals surface area (Å²) < 4.78 is 0. The molecule has 3 N–H and O–H groups in total.